The lowest BCUT2D eigenvalue weighted by Crippen LogP contribution is -2.36. The van der Waals surface area contributed by atoms with Crippen molar-refractivity contribution >= 4 is 27.0 Å². The van der Waals surface area contributed by atoms with E-state index in [1.165, 1.54) is 0 Å². The van der Waals surface area contributed by atoms with Gasteiger partial charge in [-0.25, -0.2) is 0 Å². The van der Waals surface area contributed by atoms with Gasteiger partial charge in [-0.15, -0.1) is 4.73 Å². The number of rotatable bonds is 0. The lowest BCUT2D eigenvalue weighted by atomic mass is 9.98. The second-order valence-electron chi connectivity index (χ2n) is 4.77. The summed E-state index contributed by atoms with van der Waals surface area (Å²) in [6.45, 7) is 1.63. The Morgan fingerprint density at radius 1 is 1.37 bits per heavy atom. The summed E-state index contributed by atoms with van der Waals surface area (Å²) in [5, 5.41) is 9.77. The molecule has 1 aliphatic rings. The number of halogens is 1. The third-order valence-electron chi connectivity index (χ3n) is 3.50. The third kappa shape index (κ3) is 1.81. The normalized spacial score (nSPS) is 15.7. The van der Waals surface area contributed by atoms with Crippen LogP contribution in [0.25, 0.3) is 11.0 Å². The first-order chi connectivity index (χ1) is 8.99. The van der Waals surface area contributed by atoms with E-state index in [0.717, 1.165) is 35.1 Å². The van der Waals surface area contributed by atoms with Gasteiger partial charge in [0.25, 0.3) is 0 Å². The summed E-state index contributed by atoms with van der Waals surface area (Å²) in [5.41, 5.74) is 1.14. The van der Waals surface area contributed by atoms with Crippen molar-refractivity contribution in [3.63, 3.8) is 0 Å². The van der Waals surface area contributed by atoms with Gasteiger partial charge in [-0.1, -0.05) is 15.9 Å². The summed E-state index contributed by atoms with van der Waals surface area (Å²) in [6, 6.07) is 1.66. The van der Waals surface area contributed by atoms with E-state index in [1.807, 2.05) is 7.05 Å². The van der Waals surface area contributed by atoms with Gasteiger partial charge in [-0.2, -0.15) is 0 Å². The zero-order chi connectivity index (χ0) is 13.7. The summed E-state index contributed by atoms with van der Waals surface area (Å²) < 4.78 is 1.24. The fourth-order valence-corrected chi connectivity index (χ4v) is 3.09. The SMILES string of the molecule is CN1CCc2c(c(Br)cc3c2[nH]c(=O)c(=O)n3O)C1. The highest BCUT2D eigenvalue weighted by Gasteiger charge is 2.21. The van der Waals surface area contributed by atoms with E-state index in [-0.39, 0.29) is 0 Å². The molecule has 100 valence electrons. The molecule has 19 heavy (non-hydrogen) atoms. The van der Waals surface area contributed by atoms with Crippen LogP contribution in [0.4, 0.5) is 0 Å². The molecule has 0 unspecified atom stereocenters. The molecule has 1 aromatic heterocycles. The van der Waals surface area contributed by atoms with Crippen molar-refractivity contribution in [2.75, 3.05) is 13.6 Å². The first kappa shape index (κ1) is 12.4. The predicted molar refractivity (Wildman–Crippen MR) is 73.8 cm³/mol. The molecule has 2 aromatic rings. The Hall–Kier alpha value is -1.60. The monoisotopic (exact) mass is 325 g/mol. The second-order valence-corrected chi connectivity index (χ2v) is 5.62. The number of benzene rings is 1. The van der Waals surface area contributed by atoms with Gasteiger partial charge in [0.05, 0.1) is 5.52 Å². The molecule has 0 saturated carbocycles. The van der Waals surface area contributed by atoms with Crippen LogP contribution in [-0.2, 0) is 13.0 Å². The summed E-state index contributed by atoms with van der Waals surface area (Å²) in [6.07, 6.45) is 0.760. The van der Waals surface area contributed by atoms with Gasteiger partial charge in [-0.05, 0) is 30.7 Å². The molecule has 1 aliphatic heterocycles. The Morgan fingerprint density at radius 3 is 2.84 bits per heavy atom. The minimum absolute atomic E-state index is 0.319. The van der Waals surface area contributed by atoms with Crippen LogP contribution in [0, 0.1) is 0 Å². The fraction of sp³-hybridized carbons (Fsp3) is 0.333. The van der Waals surface area contributed by atoms with Crippen LogP contribution in [0.5, 0.6) is 0 Å². The van der Waals surface area contributed by atoms with Gasteiger partial charge < -0.3 is 15.1 Å². The minimum atomic E-state index is -0.965. The number of hydrogen-bond donors (Lipinski definition) is 2. The van der Waals surface area contributed by atoms with Crippen LogP contribution in [0.1, 0.15) is 11.1 Å². The number of hydrogen-bond acceptors (Lipinski definition) is 4. The molecular weight excluding hydrogens is 314 g/mol. The quantitative estimate of drug-likeness (QED) is 0.551. The predicted octanol–water partition coefficient (Wildman–Crippen LogP) is 0.677. The van der Waals surface area contributed by atoms with E-state index < -0.39 is 11.1 Å². The highest BCUT2D eigenvalue weighted by Crippen LogP contribution is 2.31. The summed E-state index contributed by atoms with van der Waals surface area (Å²) in [7, 11) is 2.02. The molecule has 3 rings (SSSR count). The van der Waals surface area contributed by atoms with Gasteiger partial charge in [0, 0.05) is 17.6 Å². The summed E-state index contributed by atoms with van der Waals surface area (Å²) >= 11 is 3.46. The highest BCUT2D eigenvalue weighted by atomic mass is 79.9. The van der Waals surface area contributed by atoms with Crippen LogP contribution in [0.2, 0.25) is 0 Å². The topological polar surface area (TPSA) is 78.3 Å². The molecule has 1 aromatic carbocycles. The van der Waals surface area contributed by atoms with Gasteiger partial charge in [0.15, 0.2) is 0 Å². The van der Waals surface area contributed by atoms with Crippen molar-refractivity contribution in [3.05, 3.63) is 42.4 Å². The van der Waals surface area contributed by atoms with Crippen molar-refractivity contribution in [1.29, 1.82) is 0 Å². The molecule has 0 saturated heterocycles. The van der Waals surface area contributed by atoms with E-state index in [4.69, 9.17) is 0 Å². The highest BCUT2D eigenvalue weighted by molar-refractivity contribution is 9.10. The van der Waals surface area contributed by atoms with Gasteiger partial charge in [0.1, 0.15) is 5.52 Å². The van der Waals surface area contributed by atoms with Crippen LogP contribution < -0.4 is 11.1 Å². The molecule has 7 heteroatoms. The van der Waals surface area contributed by atoms with Crippen molar-refractivity contribution < 1.29 is 5.21 Å². The molecule has 2 heterocycles. The molecule has 6 nitrogen and oxygen atoms in total. The molecule has 0 aliphatic carbocycles. The lowest BCUT2D eigenvalue weighted by Gasteiger charge is -2.27. The zero-order valence-electron chi connectivity index (χ0n) is 10.2. The lowest BCUT2D eigenvalue weighted by molar-refractivity contribution is 0.186. The number of nitrogens with zero attached hydrogens (tertiary/aromatic N) is 2. The van der Waals surface area contributed by atoms with Crippen LogP contribution in [-0.4, -0.2) is 33.4 Å². The number of aromatic nitrogens is 2. The Morgan fingerprint density at radius 2 is 2.11 bits per heavy atom. The van der Waals surface area contributed by atoms with E-state index in [1.54, 1.807) is 6.07 Å². The first-order valence-electron chi connectivity index (χ1n) is 5.86. The number of nitrogens with one attached hydrogen (secondary N) is 1. The number of H-pyrrole nitrogens is 1. The van der Waals surface area contributed by atoms with E-state index in [0.29, 0.717) is 15.8 Å². The average Bonchev–Trinajstić information content (AvgIpc) is 2.38. The Labute approximate surface area is 116 Å². The molecule has 0 fully saturated rings. The number of fused-ring (bicyclic) bond motifs is 3. The average molecular weight is 326 g/mol. The Kier molecular flexibility index (Phi) is 2.75. The maximum absolute atomic E-state index is 11.5. The van der Waals surface area contributed by atoms with Crippen molar-refractivity contribution in [2.45, 2.75) is 13.0 Å². The second kappa shape index (κ2) is 4.21. The molecule has 0 spiro atoms. The van der Waals surface area contributed by atoms with Crippen LogP contribution in [0.3, 0.4) is 0 Å². The maximum atomic E-state index is 11.5. The van der Waals surface area contributed by atoms with E-state index in [2.05, 4.69) is 25.8 Å². The molecular formula is C12H12BrN3O3. The van der Waals surface area contributed by atoms with E-state index in [9.17, 15) is 14.8 Å². The smallest absolute Gasteiger partial charge is 0.348 e. The van der Waals surface area contributed by atoms with Crippen molar-refractivity contribution in [2.24, 2.45) is 0 Å². The van der Waals surface area contributed by atoms with Gasteiger partial charge >= 0.3 is 11.1 Å². The fourth-order valence-electron chi connectivity index (χ4n) is 2.51. The van der Waals surface area contributed by atoms with Crippen molar-refractivity contribution in [1.82, 2.24) is 14.6 Å². The van der Waals surface area contributed by atoms with Crippen LogP contribution >= 0.6 is 15.9 Å². The standard InChI is InChI=1S/C12H12BrN3O3/c1-15-3-2-6-7(5-15)8(13)4-9-10(6)14-11(17)12(18)16(9)19/h4,19H,2-3,5H2,1H3,(H,14,17). The molecule has 0 amide bonds. The minimum Gasteiger partial charge on any atom is -0.425 e. The summed E-state index contributed by atoms with van der Waals surface area (Å²) in [5.74, 6) is 0. The van der Waals surface area contributed by atoms with Gasteiger partial charge in [-0.3, -0.25) is 9.59 Å². The van der Waals surface area contributed by atoms with Gasteiger partial charge in [0.2, 0.25) is 0 Å². The Bertz CT molecular complexity index is 793. The maximum Gasteiger partial charge on any atom is 0.348 e. The molecule has 0 atom stereocenters. The molecule has 0 bridgehead atoms. The largest absolute Gasteiger partial charge is 0.425 e. The Balaban J connectivity index is 2.46. The van der Waals surface area contributed by atoms with Crippen LogP contribution in [0.15, 0.2) is 20.1 Å². The number of aromatic amines is 1. The molecule has 2 N–H and O–H groups in total. The van der Waals surface area contributed by atoms with E-state index >= 15 is 0 Å². The first-order valence-corrected chi connectivity index (χ1v) is 6.65. The summed E-state index contributed by atoms with van der Waals surface area (Å²) in [4.78, 5) is 27.7. The zero-order valence-corrected chi connectivity index (χ0v) is 11.8. The molecule has 0 radical (unpaired) electrons. The third-order valence-corrected chi connectivity index (χ3v) is 4.21. The number of likely N-dealkylation sites (N-methyl/N-ethyl adjacent to an activating group) is 1. The van der Waals surface area contributed by atoms with Crippen molar-refractivity contribution in [3.8, 4) is 0 Å².